The standard InChI is InChI=1S/C33H40N4O7/c1-41-17-5-15-36-21-31(38)35-27-20-37(33(40)26-8-4-14-34-26)16-13-28(27)43-22-24-6-3-7-25(18-24)44-29-11-9-23(10-12-32(36)39)19-30(29)42-2/h3-4,6-9,11,14,18-19,27-28,34H,5,10,12-13,15-17,20-22H2,1-2H3,(H,35,38)/t27-,28+/m0/s1. The van der Waals surface area contributed by atoms with E-state index in [2.05, 4.69) is 10.3 Å². The van der Waals surface area contributed by atoms with Crippen LogP contribution >= 0.6 is 0 Å². The fraction of sp³-hybridized carbons (Fsp3) is 0.424. The third-order valence-corrected chi connectivity index (χ3v) is 7.92. The summed E-state index contributed by atoms with van der Waals surface area (Å²) in [6.07, 6.45) is 3.19. The topological polar surface area (TPSA) is 122 Å². The summed E-state index contributed by atoms with van der Waals surface area (Å²) in [4.78, 5) is 46.2. The molecule has 3 aliphatic heterocycles. The zero-order valence-corrected chi connectivity index (χ0v) is 25.3. The van der Waals surface area contributed by atoms with E-state index in [1.807, 2.05) is 42.5 Å². The summed E-state index contributed by atoms with van der Waals surface area (Å²) in [6.45, 7) is 1.80. The summed E-state index contributed by atoms with van der Waals surface area (Å²) < 4.78 is 23.3. The van der Waals surface area contributed by atoms with E-state index >= 15 is 0 Å². The van der Waals surface area contributed by atoms with Gasteiger partial charge < -0.3 is 39.0 Å². The molecule has 234 valence electrons. The van der Waals surface area contributed by atoms with Crippen LogP contribution in [0, 0.1) is 0 Å². The zero-order valence-electron chi connectivity index (χ0n) is 25.3. The van der Waals surface area contributed by atoms with E-state index in [1.165, 1.54) is 0 Å². The van der Waals surface area contributed by atoms with Gasteiger partial charge in [0.25, 0.3) is 5.91 Å². The van der Waals surface area contributed by atoms with Crippen molar-refractivity contribution in [1.29, 1.82) is 0 Å². The van der Waals surface area contributed by atoms with Gasteiger partial charge in [-0.05, 0) is 66.8 Å². The molecule has 0 spiro atoms. The number of aryl methyl sites for hydroxylation is 1. The number of carbonyl (C=O) groups excluding carboxylic acids is 3. The Balaban J connectivity index is 1.41. The first-order valence-electron chi connectivity index (χ1n) is 15.0. The number of hydrogen-bond acceptors (Lipinski definition) is 7. The Morgan fingerprint density at radius 1 is 1.05 bits per heavy atom. The van der Waals surface area contributed by atoms with Crippen LogP contribution in [0.3, 0.4) is 0 Å². The number of fused-ring (bicyclic) bond motifs is 9. The van der Waals surface area contributed by atoms with E-state index < -0.39 is 6.04 Å². The van der Waals surface area contributed by atoms with Gasteiger partial charge in [-0.15, -0.1) is 0 Å². The Labute approximate surface area is 257 Å². The lowest BCUT2D eigenvalue weighted by Gasteiger charge is -2.39. The van der Waals surface area contributed by atoms with Crippen molar-refractivity contribution in [1.82, 2.24) is 20.1 Å². The zero-order chi connectivity index (χ0) is 30.9. The molecule has 3 aliphatic rings. The number of nitrogens with zero attached hydrogens (tertiary/aromatic N) is 2. The molecule has 11 nitrogen and oxygen atoms in total. The van der Waals surface area contributed by atoms with Crippen LogP contribution < -0.4 is 14.8 Å². The molecule has 3 aromatic rings. The first-order valence-corrected chi connectivity index (χ1v) is 15.0. The molecule has 0 aliphatic carbocycles. The Bertz CT molecular complexity index is 1430. The molecule has 4 bridgehead atoms. The molecule has 4 heterocycles. The van der Waals surface area contributed by atoms with E-state index in [-0.39, 0.29) is 49.9 Å². The Kier molecular flexibility index (Phi) is 10.5. The summed E-state index contributed by atoms with van der Waals surface area (Å²) in [5.41, 5.74) is 2.31. The summed E-state index contributed by atoms with van der Waals surface area (Å²) in [6, 6.07) is 16.3. The molecule has 1 aromatic heterocycles. The van der Waals surface area contributed by atoms with Gasteiger partial charge in [-0.25, -0.2) is 0 Å². The van der Waals surface area contributed by atoms with Gasteiger partial charge in [0, 0.05) is 46.0 Å². The number of piperidine rings is 1. The average Bonchev–Trinajstić information content (AvgIpc) is 3.58. The van der Waals surface area contributed by atoms with Crippen molar-refractivity contribution in [3.8, 4) is 17.2 Å². The van der Waals surface area contributed by atoms with Crippen LogP contribution in [0.1, 0.15) is 40.9 Å². The molecule has 2 atom stereocenters. The second kappa shape index (κ2) is 14.9. The molecule has 0 radical (unpaired) electrons. The molecule has 1 saturated heterocycles. The highest BCUT2D eigenvalue weighted by Gasteiger charge is 2.34. The number of aromatic amines is 1. The monoisotopic (exact) mass is 604 g/mol. The van der Waals surface area contributed by atoms with Crippen molar-refractivity contribution in [2.45, 2.75) is 44.4 Å². The number of carbonyl (C=O) groups is 3. The first-order chi connectivity index (χ1) is 21.4. The number of nitrogens with one attached hydrogen (secondary N) is 2. The fourth-order valence-electron chi connectivity index (χ4n) is 5.59. The molecule has 2 aromatic carbocycles. The maximum Gasteiger partial charge on any atom is 0.270 e. The number of likely N-dealkylation sites (tertiary alicyclic amines) is 1. The average molecular weight is 605 g/mol. The number of rotatable bonds is 6. The van der Waals surface area contributed by atoms with Gasteiger partial charge in [0.05, 0.1) is 32.4 Å². The van der Waals surface area contributed by atoms with Crippen molar-refractivity contribution in [3.05, 3.63) is 77.6 Å². The summed E-state index contributed by atoms with van der Waals surface area (Å²) in [5, 5.41) is 3.09. The quantitative estimate of drug-likeness (QED) is 0.413. The van der Waals surface area contributed by atoms with Gasteiger partial charge in [-0.3, -0.25) is 14.4 Å². The fourth-order valence-corrected chi connectivity index (χ4v) is 5.59. The largest absolute Gasteiger partial charge is 0.493 e. The van der Waals surface area contributed by atoms with Gasteiger partial charge in [-0.1, -0.05) is 18.2 Å². The van der Waals surface area contributed by atoms with Gasteiger partial charge >= 0.3 is 0 Å². The third-order valence-electron chi connectivity index (χ3n) is 7.92. The van der Waals surface area contributed by atoms with Crippen LogP contribution in [-0.2, 0) is 32.1 Å². The number of aromatic nitrogens is 1. The highest BCUT2D eigenvalue weighted by atomic mass is 16.5. The second-order valence-corrected chi connectivity index (χ2v) is 11.0. The Morgan fingerprint density at radius 2 is 1.93 bits per heavy atom. The van der Waals surface area contributed by atoms with Crippen LogP contribution in [0.2, 0.25) is 0 Å². The molecule has 0 saturated carbocycles. The molecule has 2 N–H and O–H groups in total. The Morgan fingerprint density at radius 3 is 2.73 bits per heavy atom. The van der Waals surface area contributed by atoms with E-state index in [1.54, 1.807) is 42.3 Å². The van der Waals surface area contributed by atoms with Crippen LogP contribution in [0.4, 0.5) is 0 Å². The summed E-state index contributed by atoms with van der Waals surface area (Å²) in [7, 11) is 3.19. The molecule has 0 unspecified atom stereocenters. The SMILES string of the molecule is COCCCN1CC(=O)N[C@H]2CN(C(=O)c3ccc[nH]3)CC[C@H]2OCc2cccc(c2)Oc2ccc(cc2OC)CCC1=O. The maximum atomic E-state index is 13.5. The van der Waals surface area contributed by atoms with Crippen LogP contribution in [0.15, 0.2) is 60.8 Å². The second-order valence-electron chi connectivity index (χ2n) is 11.0. The van der Waals surface area contributed by atoms with E-state index in [9.17, 15) is 14.4 Å². The third kappa shape index (κ3) is 7.97. The smallest absolute Gasteiger partial charge is 0.270 e. The predicted molar refractivity (Wildman–Crippen MR) is 163 cm³/mol. The number of benzene rings is 2. The number of hydrogen-bond donors (Lipinski definition) is 2. The maximum absolute atomic E-state index is 13.5. The van der Waals surface area contributed by atoms with Gasteiger partial charge in [0.1, 0.15) is 11.4 Å². The number of ether oxygens (including phenoxy) is 4. The van der Waals surface area contributed by atoms with Gasteiger partial charge in [0.15, 0.2) is 11.5 Å². The minimum Gasteiger partial charge on any atom is -0.493 e. The van der Waals surface area contributed by atoms with Crippen molar-refractivity contribution in [3.63, 3.8) is 0 Å². The first kappa shape index (κ1) is 31.1. The number of H-pyrrole nitrogens is 1. The molecular formula is C33H40N4O7. The number of amides is 3. The van der Waals surface area contributed by atoms with Crippen LogP contribution in [-0.4, -0.2) is 91.7 Å². The van der Waals surface area contributed by atoms with Crippen molar-refractivity contribution >= 4 is 17.7 Å². The lowest BCUT2D eigenvalue weighted by molar-refractivity contribution is -0.137. The molecular weight excluding hydrogens is 564 g/mol. The van der Waals surface area contributed by atoms with Crippen molar-refractivity contribution in [2.75, 3.05) is 47.0 Å². The van der Waals surface area contributed by atoms with Gasteiger partial charge in [-0.2, -0.15) is 0 Å². The minimum absolute atomic E-state index is 0.103. The molecule has 11 heteroatoms. The number of methoxy groups -OCH3 is 2. The van der Waals surface area contributed by atoms with E-state index in [0.29, 0.717) is 61.9 Å². The lowest BCUT2D eigenvalue weighted by Crippen LogP contribution is -2.58. The van der Waals surface area contributed by atoms with Crippen LogP contribution in [0.25, 0.3) is 0 Å². The van der Waals surface area contributed by atoms with Gasteiger partial charge in [0.2, 0.25) is 11.8 Å². The predicted octanol–water partition coefficient (Wildman–Crippen LogP) is 3.54. The highest BCUT2D eigenvalue weighted by Crippen LogP contribution is 2.33. The van der Waals surface area contributed by atoms with Crippen LogP contribution in [0.5, 0.6) is 17.2 Å². The molecule has 6 rings (SSSR count). The molecule has 44 heavy (non-hydrogen) atoms. The Hall–Kier alpha value is -4.35. The van der Waals surface area contributed by atoms with E-state index in [4.69, 9.17) is 18.9 Å². The molecule has 3 amide bonds. The highest BCUT2D eigenvalue weighted by molar-refractivity contribution is 5.92. The summed E-state index contributed by atoms with van der Waals surface area (Å²) in [5.74, 6) is 1.19. The van der Waals surface area contributed by atoms with Crippen molar-refractivity contribution < 1.29 is 33.3 Å². The van der Waals surface area contributed by atoms with Crippen molar-refractivity contribution in [2.24, 2.45) is 0 Å². The normalized spacial score (nSPS) is 19.7. The lowest BCUT2D eigenvalue weighted by atomic mass is 10.0. The molecule has 1 fully saturated rings. The summed E-state index contributed by atoms with van der Waals surface area (Å²) >= 11 is 0. The van der Waals surface area contributed by atoms with E-state index in [0.717, 1.165) is 11.1 Å². The minimum atomic E-state index is -0.466.